The summed E-state index contributed by atoms with van der Waals surface area (Å²) < 4.78 is 5.60. The normalized spacial score (nSPS) is 33.7. The summed E-state index contributed by atoms with van der Waals surface area (Å²) >= 11 is 0. The van der Waals surface area contributed by atoms with Crippen molar-refractivity contribution < 1.29 is 14.6 Å². The molecule has 4 nitrogen and oxygen atoms in total. The van der Waals surface area contributed by atoms with Gasteiger partial charge in [-0.1, -0.05) is 6.92 Å². The van der Waals surface area contributed by atoms with Crippen LogP contribution < -0.4 is 0 Å². The summed E-state index contributed by atoms with van der Waals surface area (Å²) in [5.74, 6) is -0.112. The van der Waals surface area contributed by atoms with Gasteiger partial charge < -0.3 is 9.84 Å². The average molecular weight is 255 g/mol. The second-order valence-corrected chi connectivity index (χ2v) is 5.80. The van der Waals surface area contributed by atoms with Crippen LogP contribution >= 0.6 is 0 Å². The minimum atomic E-state index is -0.654. The molecule has 0 spiro atoms. The van der Waals surface area contributed by atoms with Crippen LogP contribution in [0.1, 0.15) is 45.4 Å². The molecule has 0 aromatic heterocycles. The van der Waals surface area contributed by atoms with Crippen molar-refractivity contribution in [1.29, 1.82) is 0 Å². The van der Waals surface area contributed by atoms with Crippen LogP contribution in [0.3, 0.4) is 0 Å². The number of aliphatic carboxylic acids is 1. The fraction of sp³-hybridized carbons (Fsp3) is 0.929. The highest BCUT2D eigenvalue weighted by molar-refractivity contribution is 5.73. The molecule has 0 aromatic rings. The molecule has 2 aliphatic heterocycles. The maximum atomic E-state index is 11.3. The van der Waals surface area contributed by atoms with E-state index in [0.29, 0.717) is 12.0 Å². The van der Waals surface area contributed by atoms with E-state index in [1.807, 2.05) is 0 Å². The highest BCUT2D eigenvalue weighted by Gasteiger charge is 2.31. The molecule has 0 aromatic carbocycles. The number of nitrogens with zero attached hydrogens (tertiary/aromatic N) is 1. The largest absolute Gasteiger partial charge is 0.480 e. The molecule has 2 saturated heterocycles. The molecule has 104 valence electrons. The summed E-state index contributed by atoms with van der Waals surface area (Å²) in [6, 6.07) is -0.266. The van der Waals surface area contributed by atoms with Crippen LogP contribution in [0.2, 0.25) is 0 Å². The Morgan fingerprint density at radius 3 is 2.94 bits per heavy atom. The first kappa shape index (κ1) is 13.8. The van der Waals surface area contributed by atoms with Crippen LogP contribution in [-0.4, -0.2) is 47.8 Å². The first-order valence-corrected chi connectivity index (χ1v) is 7.25. The fourth-order valence-corrected chi connectivity index (χ4v) is 3.11. The molecule has 0 radical (unpaired) electrons. The fourth-order valence-electron chi connectivity index (χ4n) is 3.11. The van der Waals surface area contributed by atoms with Crippen molar-refractivity contribution >= 4 is 5.97 Å². The lowest BCUT2D eigenvalue weighted by Crippen LogP contribution is -2.47. The first-order chi connectivity index (χ1) is 8.66. The van der Waals surface area contributed by atoms with E-state index in [4.69, 9.17) is 4.74 Å². The zero-order valence-electron chi connectivity index (χ0n) is 11.3. The lowest BCUT2D eigenvalue weighted by Gasteiger charge is -2.36. The molecular formula is C14H25NO3. The summed E-state index contributed by atoms with van der Waals surface area (Å²) in [7, 11) is 0. The molecular weight excluding hydrogens is 230 g/mol. The van der Waals surface area contributed by atoms with Gasteiger partial charge in [-0.2, -0.15) is 0 Å². The van der Waals surface area contributed by atoms with Gasteiger partial charge >= 0.3 is 5.97 Å². The van der Waals surface area contributed by atoms with Crippen molar-refractivity contribution in [1.82, 2.24) is 4.90 Å². The molecule has 1 N–H and O–H groups in total. The Kier molecular flexibility index (Phi) is 5.01. The molecule has 2 fully saturated rings. The smallest absolute Gasteiger partial charge is 0.320 e. The predicted octanol–water partition coefficient (Wildman–Crippen LogP) is 2.13. The van der Waals surface area contributed by atoms with Gasteiger partial charge in [-0.05, 0) is 57.5 Å². The van der Waals surface area contributed by atoms with Crippen LogP contribution in [0, 0.1) is 5.92 Å². The van der Waals surface area contributed by atoms with Gasteiger partial charge in [0, 0.05) is 6.61 Å². The van der Waals surface area contributed by atoms with Gasteiger partial charge in [-0.15, -0.1) is 0 Å². The summed E-state index contributed by atoms with van der Waals surface area (Å²) in [6.07, 6.45) is 6.86. The highest BCUT2D eigenvalue weighted by atomic mass is 16.5. The third kappa shape index (κ3) is 3.69. The monoisotopic (exact) mass is 255 g/mol. The minimum absolute atomic E-state index is 0.266. The molecule has 2 rings (SSSR count). The summed E-state index contributed by atoms with van der Waals surface area (Å²) in [5.41, 5.74) is 0. The van der Waals surface area contributed by atoms with Crippen LogP contribution in [0.25, 0.3) is 0 Å². The zero-order valence-corrected chi connectivity index (χ0v) is 11.3. The van der Waals surface area contributed by atoms with E-state index >= 15 is 0 Å². The Hall–Kier alpha value is -0.610. The predicted molar refractivity (Wildman–Crippen MR) is 69.6 cm³/mol. The van der Waals surface area contributed by atoms with Crippen LogP contribution in [0.15, 0.2) is 0 Å². The summed E-state index contributed by atoms with van der Waals surface area (Å²) in [5, 5.41) is 9.27. The molecule has 0 saturated carbocycles. The van der Waals surface area contributed by atoms with Crippen molar-refractivity contribution in [2.24, 2.45) is 5.92 Å². The lowest BCUT2D eigenvalue weighted by atomic mass is 9.92. The molecule has 0 aliphatic carbocycles. The first-order valence-electron chi connectivity index (χ1n) is 7.25. The second-order valence-electron chi connectivity index (χ2n) is 5.80. The van der Waals surface area contributed by atoms with Gasteiger partial charge in [-0.25, -0.2) is 0 Å². The summed E-state index contributed by atoms with van der Waals surface area (Å²) in [6.45, 7) is 4.90. The average Bonchev–Trinajstić information content (AvgIpc) is 2.84. The molecule has 4 heteroatoms. The highest BCUT2D eigenvalue weighted by Crippen LogP contribution is 2.24. The van der Waals surface area contributed by atoms with E-state index in [1.54, 1.807) is 0 Å². The quantitative estimate of drug-likeness (QED) is 0.817. The Labute approximate surface area is 109 Å². The minimum Gasteiger partial charge on any atom is -0.480 e. The van der Waals surface area contributed by atoms with E-state index in [2.05, 4.69) is 11.8 Å². The third-order valence-corrected chi connectivity index (χ3v) is 4.26. The van der Waals surface area contributed by atoms with Crippen molar-refractivity contribution in [3.63, 3.8) is 0 Å². The molecule has 0 amide bonds. The number of hydrogen-bond donors (Lipinski definition) is 1. The molecule has 2 heterocycles. The Morgan fingerprint density at radius 1 is 1.44 bits per heavy atom. The molecule has 3 unspecified atom stereocenters. The number of rotatable bonds is 5. The number of piperidine rings is 1. The molecule has 18 heavy (non-hydrogen) atoms. The standard InChI is InChI=1S/C14H25NO3/c1-11-6-8-15(13(10-11)14(16)17)7-2-4-12-5-3-9-18-12/h11-13H,2-10H2,1H3,(H,16,17). The Balaban J connectivity index is 1.74. The van der Waals surface area contributed by atoms with E-state index in [1.165, 1.54) is 12.8 Å². The van der Waals surface area contributed by atoms with Gasteiger partial charge in [0.25, 0.3) is 0 Å². The summed E-state index contributed by atoms with van der Waals surface area (Å²) in [4.78, 5) is 13.4. The maximum absolute atomic E-state index is 11.3. The van der Waals surface area contributed by atoms with Gasteiger partial charge in [0.2, 0.25) is 0 Å². The van der Waals surface area contributed by atoms with E-state index in [0.717, 1.165) is 45.4 Å². The number of carboxylic acids is 1. The van der Waals surface area contributed by atoms with Crippen molar-refractivity contribution in [3.8, 4) is 0 Å². The molecule has 2 aliphatic rings. The zero-order chi connectivity index (χ0) is 13.0. The Bertz CT molecular complexity index is 276. The number of likely N-dealkylation sites (tertiary alicyclic amines) is 1. The SMILES string of the molecule is CC1CCN(CCCC2CCCO2)C(C(=O)O)C1. The molecule has 0 bridgehead atoms. The van der Waals surface area contributed by atoms with Gasteiger partial charge in [0.1, 0.15) is 6.04 Å². The van der Waals surface area contributed by atoms with Gasteiger partial charge in [0.05, 0.1) is 6.10 Å². The number of carboxylic acid groups (broad SMARTS) is 1. The van der Waals surface area contributed by atoms with E-state index < -0.39 is 5.97 Å². The van der Waals surface area contributed by atoms with Gasteiger partial charge in [0.15, 0.2) is 0 Å². The number of hydrogen-bond acceptors (Lipinski definition) is 3. The van der Waals surface area contributed by atoms with E-state index in [9.17, 15) is 9.90 Å². The van der Waals surface area contributed by atoms with Crippen LogP contribution in [-0.2, 0) is 9.53 Å². The van der Waals surface area contributed by atoms with Crippen molar-refractivity contribution in [2.75, 3.05) is 19.7 Å². The topological polar surface area (TPSA) is 49.8 Å². The van der Waals surface area contributed by atoms with Crippen molar-refractivity contribution in [2.45, 2.75) is 57.6 Å². The Morgan fingerprint density at radius 2 is 2.28 bits per heavy atom. The third-order valence-electron chi connectivity index (χ3n) is 4.26. The lowest BCUT2D eigenvalue weighted by molar-refractivity contribution is -0.145. The van der Waals surface area contributed by atoms with Crippen molar-refractivity contribution in [3.05, 3.63) is 0 Å². The number of carbonyl (C=O) groups is 1. The van der Waals surface area contributed by atoms with Crippen LogP contribution in [0.4, 0.5) is 0 Å². The van der Waals surface area contributed by atoms with Gasteiger partial charge in [-0.3, -0.25) is 9.69 Å². The van der Waals surface area contributed by atoms with E-state index in [-0.39, 0.29) is 6.04 Å². The molecule has 3 atom stereocenters. The second kappa shape index (κ2) is 6.53. The van der Waals surface area contributed by atoms with Crippen LogP contribution in [0.5, 0.6) is 0 Å². The maximum Gasteiger partial charge on any atom is 0.320 e. The number of ether oxygens (including phenoxy) is 1.